The summed E-state index contributed by atoms with van der Waals surface area (Å²) in [4.78, 5) is 11.9. The van der Waals surface area contributed by atoms with E-state index >= 15 is 0 Å². The van der Waals surface area contributed by atoms with Gasteiger partial charge in [-0.3, -0.25) is 4.79 Å². The smallest absolute Gasteiger partial charge is 0.229 e. The molecule has 2 rings (SSSR count). The summed E-state index contributed by atoms with van der Waals surface area (Å²) in [6.45, 7) is 0. The Bertz CT molecular complexity index is 625. The van der Waals surface area contributed by atoms with Crippen molar-refractivity contribution in [3.63, 3.8) is 0 Å². The molecule has 2 aromatic rings. The first-order valence-electron chi connectivity index (χ1n) is 6.61. The normalized spacial score (nSPS) is 11.8. The molecule has 1 unspecified atom stereocenters. The van der Waals surface area contributed by atoms with E-state index in [9.17, 15) is 4.79 Å². The Morgan fingerprint density at radius 2 is 1.57 bits per heavy atom. The lowest BCUT2D eigenvalue weighted by atomic mass is 9.92. The molecule has 0 aliphatic heterocycles. The quantitative estimate of drug-likeness (QED) is 0.762. The molecule has 0 spiro atoms. The van der Waals surface area contributed by atoms with Gasteiger partial charge in [0.1, 0.15) is 11.5 Å². The number of ether oxygens (including phenoxy) is 2. The van der Waals surface area contributed by atoms with Crippen molar-refractivity contribution in [2.45, 2.75) is 12.3 Å². The number of hydrogen-bond acceptors (Lipinski definition) is 3. The predicted molar refractivity (Wildman–Crippen MR) is 83.3 cm³/mol. The third kappa shape index (κ3) is 3.56. The number of carbonyl (C=O) groups excluding carboxylic acids is 1. The van der Waals surface area contributed by atoms with Crippen LogP contribution in [-0.4, -0.2) is 19.5 Å². The zero-order valence-electron chi connectivity index (χ0n) is 12.0. The van der Waals surface area contributed by atoms with Gasteiger partial charge in [-0.1, -0.05) is 36.4 Å². The van der Waals surface area contributed by atoms with Crippen LogP contribution in [0.5, 0.6) is 11.5 Å². The Morgan fingerprint density at radius 1 is 1.00 bits per heavy atom. The maximum absolute atomic E-state index is 11.9. The minimum atomic E-state index is -0.473. The monoisotopic (exact) mass is 304 g/mol. The van der Waals surface area contributed by atoms with Crippen molar-refractivity contribution >= 4 is 16.8 Å². The second-order valence-corrected chi connectivity index (χ2v) is 4.99. The van der Waals surface area contributed by atoms with E-state index in [-0.39, 0.29) is 0 Å². The van der Waals surface area contributed by atoms with Gasteiger partial charge >= 0.3 is 0 Å². The van der Waals surface area contributed by atoms with Crippen molar-refractivity contribution in [1.29, 1.82) is 0 Å². The number of rotatable bonds is 6. The third-order valence-electron chi connectivity index (χ3n) is 3.40. The van der Waals surface area contributed by atoms with Gasteiger partial charge in [0.2, 0.25) is 5.24 Å². The Kier molecular flexibility index (Phi) is 5.23. The molecule has 0 saturated heterocycles. The molecule has 0 amide bonds. The van der Waals surface area contributed by atoms with E-state index in [1.54, 1.807) is 14.2 Å². The lowest BCUT2D eigenvalue weighted by Crippen LogP contribution is -2.12. The molecule has 0 aromatic heterocycles. The number of methoxy groups -OCH3 is 2. The van der Waals surface area contributed by atoms with Gasteiger partial charge in [-0.25, -0.2) is 0 Å². The summed E-state index contributed by atoms with van der Waals surface area (Å²) in [6, 6.07) is 15.0. The fourth-order valence-electron chi connectivity index (χ4n) is 2.36. The van der Waals surface area contributed by atoms with E-state index in [0.717, 1.165) is 16.9 Å². The standard InChI is InChI=1S/C17H17ClO3/c1-20-15-9-5-3-7-12(15)11-14(17(18)19)13-8-4-6-10-16(13)21-2/h3-10,14H,11H2,1-2H3. The topological polar surface area (TPSA) is 35.5 Å². The van der Waals surface area contributed by atoms with Gasteiger partial charge in [0, 0.05) is 5.56 Å². The Morgan fingerprint density at radius 3 is 2.19 bits per heavy atom. The molecule has 0 aliphatic carbocycles. The van der Waals surface area contributed by atoms with Crippen molar-refractivity contribution in [3.8, 4) is 11.5 Å². The fraction of sp³-hybridized carbons (Fsp3) is 0.235. The molecule has 21 heavy (non-hydrogen) atoms. The average molecular weight is 305 g/mol. The van der Waals surface area contributed by atoms with Crippen molar-refractivity contribution in [3.05, 3.63) is 59.7 Å². The van der Waals surface area contributed by atoms with Gasteiger partial charge in [0.05, 0.1) is 20.1 Å². The van der Waals surface area contributed by atoms with Crippen LogP contribution in [0.2, 0.25) is 0 Å². The maximum atomic E-state index is 11.9. The highest BCUT2D eigenvalue weighted by atomic mass is 35.5. The van der Waals surface area contributed by atoms with E-state index in [1.807, 2.05) is 48.5 Å². The highest BCUT2D eigenvalue weighted by Crippen LogP contribution is 2.33. The highest BCUT2D eigenvalue weighted by molar-refractivity contribution is 6.64. The summed E-state index contributed by atoms with van der Waals surface area (Å²) < 4.78 is 10.7. The molecule has 2 aromatic carbocycles. The van der Waals surface area contributed by atoms with E-state index < -0.39 is 11.2 Å². The number of halogens is 1. The van der Waals surface area contributed by atoms with Crippen LogP contribution < -0.4 is 9.47 Å². The van der Waals surface area contributed by atoms with Crippen LogP contribution in [0, 0.1) is 0 Å². The molecule has 4 heteroatoms. The lowest BCUT2D eigenvalue weighted by molar-refractivity contribution is -0.113. The third-order valence-corrected chi connectivity index (χ3v) is 3.67. The van der Waals surface area contributed by atoms with Gasteiger partial charge in [0.15, 0.2) is 0 Å². The zero-order chi connectivity index (χ0) is 15.2. The Labute approximate surface area is 129 Å². The number of carbonyl (C=O) groups is 1. The van der Waals surface area contributed by atoms with Crippen LogP contribution in [0.4, 0.5) is 0 Å². The first-order valence-corrected chi connectivity index (χ1v) is 6.99. The van der Waals surface area contributed by atoms with Crippen molar-refractivity contribution in [2.75, 3.05) is 14.2 Å². The molecule has 0 saturated carbocycles. The maximum Gasteiger partial charge on any atom is 0.229 e. The van der Waals surface area contributed by atoms with Gasteiger partial charge in [-0.15, -0.1) is 0 Å². The van der Waals surface area contributed by atoms with E-state index in [0.29, 0.717) is 12.2 Å². The molecule has 0 fully saturated rings. The van der Waals surface area contributed by atoms with Gasteiger partial charge in [-0.05, 0) is 35.7 Å². The largest absolute Gasteiger partial charge is 0.496 e. The first-order chi connectivity index (χ1) is 10.2. The number of benzene rings is 2. The van der Waals surface area contributed by atoms with Gasteiger partial charge in [-0.2, -0.15) is 0 Å². The molecule has 0 bridgehead atoms. The molecule has 110 valence electrons. The minimum Gasteiger partial charge on any atom is -0.496 e. The second kappa shape index (κ2) is 7.14. The Balaban J connectivity index is 2.38. The molecule has 0 N–H and O–H groups in total. The highest BCUT2D eigenvalue weighted by Gasteiger charge is 2.23. The SMILES string of the molecule is COc1ccccc1CC(C(=O)Cl)c1ccccc1OC. The molecule has 0 heterocycles. The molecule has 0 radical (unpaired) electrons. The van der Waals surface area contributed by atoms with E-state index in [1.165, 1.54) is 0 Å². The summed E-state index contributed by atoms with van der Waals surface area (Å²) in [5.41, 5.74) is 1.72. The van der Waals surface area contributed by atoms with Crippen LogP contribution in [0.25, 0.3) is 0 Å². The summed E-state index contributed by atoms with van der Waals surface area (Å²) in [5, 5.41) is -0.412. The first kappa shape index (κ1) is 15.4. The van der Waals surface area contributed by atoms with Crippen LogP contribution in [0.15, 0.2) is 48.5 Å². The van der Waals surface area contributed by atoms with Crippen LogP contribution in [0.3, 0.4) is 0 Å². The Hall–Kier alpha value is -2.00. The molecular formula is C17H17ClO3. The van der Waals surface area contributed by atoms with E-state index in [4.69, 9.17) is 21.1 Å². The van der Waals surface area contributed by atoms with Gasteiger partial charge < -0.3 is 9.47 Å². The average Bonchev–Trinajstić information content (AvgIpc) is 2.52. The van der Waals surface area contributed by atoms with Crippen LogP contribution >= 0.6 is 11.6 Å². The summed E-state index contributed by atoms with van der Waals surface area (Å²) in [7, 11) is 3.19. The zero-order valence-corrected chi connectivity index (χ0v) is 12.8. The van der Waals surface area contributed by atoms with Crippen molar-refractivity contribution in [1.82, 2.24) is 0 Å². The fourth-order valence-corrected chi connectivity index (χ4v) is 2.55. The minimum absolute atomic E-state index is 0.412. The van der Waals surface area contributed by atoms with Crippen LogP contribution in [0.1, 0.15) is 17.0 Å². The van der Waals surface area contributed by atoms with Crippen molar-refractivity contribution < 1.29 is 14.3 Å². The lowest BCUT2D eigenvalue weighted by Gasteiger charge is -2.17. The van der Waals surface area contributed by atoms with E-state index in [2.05, 4.69) is 0 Å². The van der Waals surface area contributed by atoms with Crippen molar-refractivity contribution in [2.24, 2.45) is 0 Å². The van der Waals surface area contributed by atoms with Crippen LogP contribution in [-0.2, 0) is 11.2 Å². The summed E-state index contributed by atoms with van der Waals surface area (Å²) in [6.07, 6.45) is 0.465. The number of para-hydroxylation sites is 2. The molecule has 0 aliphatic rings. The second-order valence-electron chi connectivity index (χ2n) is 4.61. The summed E-state index contributed by atoms with van der Waals surface area (Å²) in [5.74, 6) is 0.931. The summed E-state index contributed by atoms with van der Waals surface area (Å²) >= 11 is 5.82. The molecule has 1 atom stereocenters. The molecular weight excluding hydrogens is 288 g/mol. The predicted octanol–water partition coefficient (Wildman–Crippen LogP) is 3.80. The molecule has 3 nitrogen and oxygen atoms in total. The van der Waals surface area contributed by atoms with Gasteiger partial charge in [0.25, 0.3) is 0 Å². The number of hydrogen-bond donors (Lipinski definition) is 0.